The number of nitrogens with one attached hydrogen (secondary N) is 1. The van der Waals surface area contributed by atoms with E-state index in [1.54, 1.807) is 0 Å². The summed E-state index contributed by atoms with van der Waals surface area (Å²) < 4.78 is 5.48. The van der Waals surface area contributed by atoms with Crippen LogP contribution < -0.4 is 5.32 Å². The first kappa shape index (κ1) is 17.0. The van der Waals surface area contributed by atoms with Crippen molar-refractivity contribution >= 4 is 6.09 Å². The number of carbonyl (C=O) groups is 1. The van der Waals surface area contributed by atoms with Crippen molar-refractivity contribution in [2.24, 2.45) is 5.92 Å². The number of piperidine rings is 1. The van der Waals surface area contributed by atoms with Crippen molar-refractivity contribution in [3.8, 4) is 0 Å². The van der Waals surface area contributed by atoms with E-state index in [9.17, 15) is 4.79 Å². The molecule has 3 fully saturated rings. The third-order valence-corrected chi connectivity index (χ3v) is 5.46. The number of hydrogen-bond acceptors (Lipinski definition) is 4. The molecule has 0 saturated carbocycles. The molecular weight excluding hydrogens is 290 g/mol. The zero-order chi connectivity index (χ0) is 16.4. The Labute approximate surface area is 140 Å². The highest BCUT2D eigenvalue weighted by Crippen LogP contribution is 2.27. The third-order valence-electron chi connectivity index (χ3n) is 5.46. The average molecular weight is 323 g/mol. The van der Waals surface area contributed by atoms with Crippen LogP contribution in [0.3, 0.4) is 0 Å². The molecule has 1 N–H and O–H groups in total. The predicted molar refractivity (Wildman–Crippen MR) is 91.5 cm³/mol. The molecule has 3 aliphatic heterocycles. The van der Waals surface area contributed by atoms with Gasteiger partial charge in [0.15, 0.2) is 0 Å². The maximum atomic E-state index is 12.1. The second-order valence-electron chi connectivity index (χ2n) is 8.48. The zero-order valence-corrected chi connectivity index (χ0v) is 15.0. The van der Waals surface area contributed by atoms with Gasteiger partial charge in [0.2, 0.25) is 0 Å². The van der Waals surface area contributed by atoms with Crippen LogP contribution in [-0.2, 0) is 4.74 Å². The molecule has 1 amide bonds. The first-order valence-electron chi connectivity index (χ1n) is 9.38. The van der Waals surface area contributed by atoms with Gasteiger partial charge in [-0.3, -0.25) is 4.90 Å². The van der Waals surface area contributed by atoms with E-state index in [0.29, 0.717) is 12.0 Å². The van der Waals surface area contributed by atoms with Crippen molar-refractivity contribution in [2.45, 2.75) is 70.6 Å². The lowest BCUT2D eigenvalue weighted by molar-refractivity contribution is 0.0288. The van der Waals surface area contributed by atoms with E-state index < -0.39 is 5.60 Å². The second-order valence-corrected chi connectivity index (χ2v) is 8.48. The molecule has 3 unspecified atom stereocenters. The molecule has 0 radical (unpaired) electrons. The molecule has 132 valence electrons. The van der Waals surface area contributed by atoms with E-state index in [1.165, 1.54) is 38.8 Å². The highest BCUT2D eigenvalue weighted by Gasteiger charge is 2.36. The van der Waals surface area contributed by atoms with Gasteiger partial charge in [-0.05, 0) is 58.9 Å². The molecule has 3 heterocycles. The highest BCUT2D eigenvalue weighted by atomic mass is 16.6. The van der Waals surface area contributed by atoms with Crippen LogP contribution >= 0.6 is 0 Å². The summed E-state index contributed by atoms with van der Waals surface area (Å²) in [5.41, 5.74) is -0.401. The number of fused-ring (bicyclic) bond motifs is 1. The molecule has 0 aromatic heterocycles. The summed E-state index contributed by atoms with van der Waals surface area (Å²) in [5.74, 6) is 0.570. The standard InChI is InChI=1S/C18H33N3O2/c1-18(2,3)23-17(22)21-10-7-14(13-21)12-19-15-8-11-20-9-5-4-6-16(15)20/h14-16,19H,4-13H2,1-3H3. The molecule has 0 aromatic carbocycles. The van der Waals surface area contributed by atoms with E-state index in [0.717, 1.165) is 32.1 Å². The largest absolute Gasteiger partial charge is 0.444 e. The maximum absolute atomic E-state index is 12.1. The summed E-state index contributed by atoms with van der Waals surface area (Å²) >= 11 is 0. The van der Waals surface area contributed by atoms with Gasteiger partial charge in [0.1, 0.15) is 5.60 Å². The van der Waals surface area contributed by atoms with Gasteiger partial charge >= 0.3 is 6.09 Å². The number of ether oxygens (including phenoxy) is 1. The fourth-order valence-corrected chi connectivity index (χ4v) is 4.30. The summed E-state index contributed by atoms with van der Waals surface area (Å²) in [7, 11) is 0. The molecule has 0 bridgehead atoms. The van der Waals surface area contributed by atoms with Gasteiger partial charge in [0.25, 0.3) is 0 Å². The lowest BCUT2D eigenvalue weighted by Crippen LogP contribution is -2.46. The number of hydrogen-bond donors (Lipinski definition) is 1. The molecule has 3 rings (SSSR count). The van der Waals surface area contributed by atoms with E-state index in [1.807, 2.05) is 25.7 Å². The molecule has 0 aliphatic carbocycles. The highest BCUT2D eigenvalue weighted by molar-refractivity contribution is 5.68. The van der Waals surface area contributed by atoms with Gasteiger partial charge in [-0.15, -0.1) is 0 Å². The lowest BCUT2D eigenvalue weighted by atomic mass is 9.98. The van der Waals surface area contributed by atoms with Gasteiger partial charge < -0.3 is 15.0 Å². The Balaban J connectivity index is 1.41. The molecule has 3 aliphatic rings. The summed E-state index contributed by atoms with van der Waals surface area (Å²) in [5, 5.41) is 3.81. The Morgan fingerprint density at radius 3 is 2.74 bits per heavy atom. The van der Waals surface area contributed by atoms with Crippen LogP contribution in [0.15, 0.2) is 0 Å². The van der Waals surface area contributed by atoms with Gasteiger partial charge in [0.05, 0.1) is 0 Å². The maximum Gasteiger partial charge on any atom is 0.410 e. The number of likely N-dealkylation sites (tertiary alicyclic amines) is 1. The van der Waals surface area contributed by atoms with E-state index in [2.05, 4.69) is 10.2 Å². The number of nitrogens with zero attached hydrogens (tertiary/aromatic N) is 2. The fraction of sp³-hybridized carbons (Fsp3) is 0.944. The lowest BCUT2D eigenvalue weighted by Gasteiger charge is -2.33. The van der Waals surface area contributed by atoms with Crippen LogP contribution in [0.1, 0.15) is 52.9 Å². The molecule has 3 saturated heterocycles. The van der Waals surface area contributed by atoms with Gasteiger partial charge in [-0.1, -0.05) is 6.42 Å². The van der Waals surface area contributed by atoms with Gasteiger partial charge in [-0.2, -0.15) is 0 Å². The molecule has 0 spiro atoms. The molecular formula is C18H33N3O2. The monoisotopic (exact) mass is 323 g/mol. The first-order valence-corrected chi connectivity index (χ1v) is 9.38. The summed E-state index contributed by atoms with van der Waals surface area (Å²) in [6, 6.07) is 1.41. The van der Waals surface area contributed by atoms with E-state index >= 15 is 0 Å². The second kappa shape index (κ2) is 6.98. The normalized spacial score (nSPS) is 32.1. The van der Waals surface area contributed by atoms with Gasteiger partial charge in [0, 0.05) is 38.3 Å². The van der Waals surface area contributed by atoms with Crippen molar-refractivity contribution in [1.29, 1.82) is 0 Å². The van der Waals surface area contributed by atoms with Crippen LogP contribution in [0, 0.1) is 5.92 Å². The van der Waals surface area contributed by atoms with Gasteiger partial charge in [-0.25, -0.2) is 4.79 Å². The molecule has 3 atom stereocenters. The van der Waals surface area contributed by atoms with Crippen LogP contribution in [-0.4, -0.2) is 66.3 Å². The van der Waals surface area contributed by atoms with E-state index in [4.69, 9.17) is 4.74 Å². The first-order chi connectivity index (χ1) is 10.9. The quantitative estimate of drug-likeness (QED) is 0.866. The minimum Gasteiger partial charge on any atom is -0.444 e. The number of carbonyl (C=O) groups excluding carboxylic acids is 1. The Morgan fingerprint density at radius 1 is 1.13 bits per heavy atom. The van der Waals surface area contributed by atoms with Crippen molar-refractivity contribution < 1.29 is 9.53 Å². The number of amides is 1. The topological polar surface area (TPSA) is 44.8 Å². The Morgan fingerprint density at radius 2 is 1.96 bits per heavy atom. The van der Waals surface area contributed by atoms with Crippen LogP contribution in [0.25, 0.3) is 0 Å². The van der Waals surface area contributed by atoms with Crippen molar-refractivity contribution in [3.05, 3.63) is 0 Å². The average Bonchev–Trinajstić information content (AvgIpc) is 3.10. The third kappa shape index (κ3) is 4.38. The SMILES string of the molecule is CC(C)(C)OC(=O)N1CCC(CNC2CCN3CCCCC23)C1. The minimum atomic E-state index is -0.401. The molecule has 5 nitrogen and oxygen atoms in total. The van der Waals surface area contributed by atoms with Crippen LogP contribution in [0.5, 0.6) is 0 Å². The predicted octanol–water partition coefficient (Wildman–Crippen LogP) is 2.46. The fourth-order valence-electron chi connectivity index (χ4n) is 4.30. The Kier molecular flexibility index (Phi) is 5.16. The van der Waals surface area contributed by atoms with E-state index in [-0.39, 0.29) is 6.09 Å². The smallest absolute Gasteiger partial charge is 0.410 e. The minimum absolute atomic E-state index is 0.153. The van der Waals surface area contributed by atoms with Crippen molar-refractivity contribution in [3.63, 3.8) is 0 Å². The van der Waals surface area contributed by atoms with Crippen molar-refractivity contribution in [1.82, 2.24) is 15.1 Å². The summed E-state index contributed by atoms with van der Waals surface area (Å²) in [6.07, 6.45) is 6.33. The summed E-state index contributed by atoms with van der Waals surface area (Å²) in [4.78, 5) is 16.7. The molecule has 0 aromatic rings. The number of rotatable bonds is 3. The molecule has 23 heavy (non-hydrogen) atoms. The van der Waals surface area contributed by atoms with Crippen LogP contribution in [0.2, 0.25) is 0 Å². The molecule has 5 heteroatoms. The Bertz CT molecular complexity index is 421. The summed E-state index contributed by atoms with van der Waals surface area (Å²) in [6.45, 7) is 11.0. The zero-order valence-electron chi connectivity index (χ0n) is 15.0. The van der Waals surface area contributed by atoms with Crippen molar-refractivity contribution in [2.75, 3.05) is 32.7 Å². The van der Waals surface area contributed by atoms with Crippen LogP contribution in [0.4, 0.5) is 4.79 Å². The Hall–Kier alpha value is -0.810.